The van der Waals surface area contributed by atoms with Crippen molar-refractivity contribution >= 4 is 0 Å². The first kappa shape index (κ1) is 12.6. The van der Waals surface area contributed by atoms with Crippen LogP contribution in [0.4, 0.5) is 0 Å². The second-order valence-electron chi connectivity index (χ2n) is 4.48. The van der Waals surface area contributed by atoms with E-state index in [1.165, 1.54) is 5.56 Å². The molecule has 0 saturated heterocycles. The lowest BCUT2D eigenvalue weighted by Gasteiger charge is -2.10. The average molecular weight is 243 g/mol. The van der Waals surface area contributed by atoms with Gasteiger partial charge in [0.15, 0.2) is 0 Å². The van der Waals surface area contributed by atoms with Crippen LogP contribution in [0.3, 0.4) is 0 Å². The lowest BCUT2D eigenvalue weighted by Crippen LogP contribution is -1.95. The lowest BCUT2D eigenvalue weighted by molar-refractivity contribution is 0.281. The fourth-order valence-corrected chi connectivity index (χ4v) is 1.88. The summed E-state index contributed by atoms with van der Waals surface area (Å²) in [6, 6.07) is 9.61. The van der Waals surface area contributed by atoms with Gasteiger partial charge in [0.25, 0.3) is 0 Å². The number of ether oxygens (including phenoxy) is 1. The number of nitrogens with zero attached hydrogens (tertiary/aromatic N) is 1. The monoisotopic (exact) mass is 243 g/mol. The van der Waals surface area contributed by atoms with E-state index in [2.05, 4.69) is 11.1 Å². The Balaban J connectivity index is 2.30. The Morgan fingerprint density at radius 2 is 1.89 bits per heavy atom. The van der Waals surface area contributed by atoms with Crippen LogP contribution in [0.1, 0.15) is 22.4 Å². The minimum absolute atomic E-state index is 0.00734. The van der Waals surface area contributed by atoms with Gasteiger partial charge in [-0.3, -0.25) is 0 Å². The first-order chi connectivity index (χ1) is 8.58. The van der Waals surface area contributed by atoms with Crippen LogP contribution < -0.4 is 4.74 Å². The lowest BCUT2D eigenvalue weighted by atomic mass is 10.1. The molecule has 1 N–H and O–H groups in total. The van der Waals surface area contributed by atoms with Gasteiger partial charge >= 0.3 is 0 Å². The first-order valence-electron chi connectivity index (χ1n) is 5.92. The molecule has 2 rings (SSSR count). The van der Waals surface area contributed by atoms with Crippen LogP contribution in [0.25, 0.3) is 0 Å². The Kier molecular flexibility index (Phi) is 3.63. The second-order valence-corrected chi connectivity index (χ2v) is 4.48. The molecular weight excluding hydrogens is 226 g/mol. The Hall–Kier alpha value is -1.87. The summed E-state index contributed by atoms with van der Waals surface area (Å²) in [5.41, 5.74) is 3.92. The summed E-state index contributed by atoms with van der Waals surface area (Å²) >= 11 is 0. The van der Waals surface area contributed by atoms with E-state index < -0.39 is 0 Å². The Morgan fingerprint density at radius 3 is 2.56 bits per heavy atom. The highest BCUT2D eigenvalue weighted by molar-refractivity contribution is 5.38. The summed E-state index contributed by atoms with van der Waals surface area (Å²) in [7, 11) is 0. The fourth-order valence-electron chi connectivity index (χ4n) is 1.88. The summed E-state index contributed by atoms with van der Waals surface area (Å²) in [5.74, 6) is 1.31. The number of pyridine rings is 1. The Labute approximate surface area is 107 Å². The third-order valence-corrected chi connectivity index (χ3v) is 2.72. The molecule has 0 radical (unpaired) electrons. The third-order valence-electron chi connectivity index (χ3n) is 2.72. The molecule has 0 aliphatic heterocycles. The number of hydrogen-bond donors (Lipinski definition) is 1. The number of aromatic nitrogens is 1. The first-order valence-corrected chi connectivity index (χ1v) is 5.92. The summed E-state index contributed by atoms with van der Waals surface area (Å²) in [5, 5.41) is 9.16. The molecule has 1 heterocycles. The van der Waals surface area contributed by atoms with Crippen LogP contribution in [-0.4, -0.2) is 10.1 Å². The number of rotatable bonds is 3. The summed E-state index contributed by atoms with van der Waals surface area (Å²) < 4.78 is 5.77. The molecule has 3 nitrogen and oxygen atoms in total. The summed E-state index contributed by atoms with van der Waals surface area (Å²) in [6.45, 7) is 5.93. The summed E-state index contributed by atoms with van der Waals surface area (Å²) in [4.78, 5) is 4.31. The SMILES string of the molecule is Cc1ccc(Oc2cc(CO)cc(C)n2)c(C)c1. The molecule has 1 aromatic heterocycles. The molecule has 0 atom stereocenters. The molecule has 0 unspecified atom stereocenters. The molecule has 94 valence electrons. The van der Waals surface area contributed by atoms with E-state index in [1.54, 1.807) is 6.07 Å². The van der Waals surface area contributed by atoms with Crippen molar-refractivity contribution in [3.05, 3.63) is 52.7 Å². The zero-order valence-electron chi connectivity index (χ0n) is 10.9. The number of aliphatic hydroxyl groups excluding tert-OH is 1. The van der Waals surface area contributed by atoms with E-state index in [0.717, 1.165) is 22.6 Å². The van der Waals surface area contributed by atoms with Gasteiger partial charge in [0.2, 0.25) is 5.88 Å². The van der Waals surface area contributed by atoms with Crippen LogP contribution in [-0.2, 0) is 6.61 Å². The molecule has 2 aromatic rings. The van der Waals surface area contributed by atoms with Crippen molar-refractivity contribution in [2.75, 3.05) is 0 Å². The van der Waals surface area contributed by atoms with Gasteiger partial charge in [-0.05, 0) is 44.0 Å². The van der Waals surface area contributed by atoms with Crippen LogP contribution in [0.15, 0.2) is 30.3 Å². The van der Waals surface area contributed by atoms with Crippen LogP contribution >= 0.6 is 0 Å². The van der Waals surface area contributed by atoms with Crippen LogP contribution in [0, 0.1) is 20.8 Å². The van der Waals surface area contributed by atoms with E-state index in [1.807, 2.05) is 39.0 Å². The number of aryl methyl sites for hydroxylation is 3. The van der Waals surface area contributed by atoms with Crippen molar-refractivity contribution in [3.63, 3.8) is 0 Å². The van der Waals surface area contributed by atoms with Crippen molar-refractivity contribution < 1.29 is 9.84 Å². The minimum atomic E-state index is -0.00734. The molecule has 0 aliphatic rings. The van der Waals surface area contributed by atoms with Gasteiger partial charge in [-0.15, -0.1) is 0 Å². The van der Waals surface area contributed by atoms with E-state index >= 15 is 0 Å². The maximum atomic E-state index is 9.16. The Morgan fingerprint density at radius 1 is 1.11 bits per heavy atom. The van der Waals surface area contributed by atoms with Gasteiger partial charge in [0.1, 0.15) is 5.75 Å². The van der Waals surface area contributed by atoms with E-state index in [9.17, 15) is 0 Å². The summed E-state index contributed by atoms with van der Waals surface area (Å²) in [6.07, 6.45) is 0. The zero-order valence-corrected chi connectivity index (χ0v) is 10.9. The molecule has 0 aliphatic carbocycles. The number of aliphatic hydroxyl groups is 1. The van der Waals surface area contributed by atoms with Crippen molar-refractivity contribution in [3.8, 4) is 11.6 Å². The van der Waals surface area contributed by atoms with Gasteiger partial charge in [-0.2, -0.15) is 0 Å². The van der Waals surface area contributed by atoms with E-state index in [-0.39, 0.29) is 6.61 Å². The minimum Gasteiger partial charge on any atom is -0.439 e. The number of benzene rings is 1. The van der Waals surface area contributed by atoms with Crippen molar-refractivity contribution in [2.24, 2.45) is 0 Å². The molecule has 0 fully saturated rings. The van der Waals surface area contributed by atoms with Gasteiger partial charge in [-0.25, -0.2) is 4.98 Å². The quantitative estimate of drug-likeness (QED) is 0.899. The largest absolute Gasteiger partial charge is 0.439 e. The topological polar surface area (TPSA) is 42.4 Å². The normalized spacial score (nSPS) is 10.4. The fraction of sp³-hybridized carbons (Fsp3) is 0.267. The van der Waals surface area contributed by atoms with Crippen molar-refractivity contribution in [1.82, 2.24) is 4.98 Å². The molecule has 0 bridgehead atoms. The standard InChI is InChI=1S/C15H17NO2/c1-10-4-5-14(11(2)6-10)18-15-8-13(9-17)7-12(3)16-15/h4-8,17H,9H2,1-3H3. The predicted molar refractivity (Wildman–Crippen MR) is 70.9 cm³/mol. The second kappa shape index (κ2) is 5.19. The molecule has 0 amide bonds. The molecular formula is C15H17NO2. The average Bonchev–Trinajstić information content (AvgIpc) is 2.32. The highest BCUT2D eigenvalue weighted by Gasteiger charge is 2.05. The molecule has 3 heteroatoms. The van der Waals surface area contributed by atoms with Crippen LogP contribution in [0.5, 0.6) is 11.6 Å². The maximum absolute atomic E-state index is 9.16. The van der Waals surface area contributed by atoms with Gasteiger partial charge in [0, 0.05) is 11.8 Å². The van der Waals surface area contributed by atoms with E-state index in [0.29, 0.717) is 5.88 Å². The van der Waals surface area contributed by atoms with Crippen LogP contribution in [0.2, 0.25) is 0 Å². The molecule has 1 aromatic carbocycles. The molecule has 0 saturated carbocycles. The highest BCUT2D eigenvalue weighted by atomic mass is 16.5. The van der Waals surface area contributed by atoms with Gasteiger partial charge < -0.3 is 9.84 Å². The van der Waals surface area contributed by atoms with Gasteiger partial charge in [-0.1, -0.05) is 17.7 Å². The third kappa shape index (κ3) is 2.87. The van der Waals surface area contributed by atoms with Crippen molar-refractivity contribution in [1.29, 1.82) is 0 Å². The van der Waals surface area contributed by atoms with Crippen molar-refractivity contribution in [2.45, 2.75) is 27.4 Å². The molecule has 18 heavy (non-hydrogen) atoms. The maximum Gasteiger partial charge on any atom is 0.219 e. The smallest absolute Gasteiger partial charge is 0.219 e. The predicted octanol–water partition coefficient (Wildman–Crippen LogP) is 3.29. The number of hydrogen-bond acceptors (Lipinski definition) is 3. The van der Waals surface area contributed by atoms with Gasteiger partial charge in [0.05, 0.1) is 6.61 Å². The van der Waals surface area contributed by atoms with E-state index in [4.69, 9.17) is 9.84 Å². The zero-order chi connectivity index (χ0) is 13.1. The molecule has 0 spiro atoms. The Bertz CT molecular complexity index is 564. The highest BCUT2D eigenvalue weighted by Crippen LogP contribution is 2.25.